The van der Waals surface area contributed by atoms with E-state index in [9.17, 15) is 4.79 Å². The number of hydrogen-bond acceptors (Lipinski definition) is 1. The van der Waals surface area contributed by atoms with Crippen LogP contribution in [0, 0.1) is 11.8 Å². The van der Waals surface area contributed by atoms with E-state index in [1.165, 1.54) is 0 Å². The number of para-hydroxylation sites is 1. The molecule has 1 aromatic rings. The van der Waals surface area contributed by atoms with E-state index in [2.05, 4.69) is 17.2 Å². The molecular weight excluding hydrogens is 162 g/mol. The molecule has 13 heavy (non-hydrogen) atoms. The van der Waals surface area contributed by atoms with E-state index in [0.29, 0.717) is 0 Å². The number of carbonyl (C=O) groups excluding carboxylic acids is 1. The molecule has 0 unspecified atom stereocenters. The molecule has 0 aromatic heterocycles. The minimum atomic E-state index is -0.216. The van der Waals surface area contributed by atoms with Crippen LogP contribution in [0.25, 0.3) is 0 Å². The van der Waals surface area contributed by atoms with Gasteiger partial charge in [-0.15, -0.1) is 0 Å². The molecule has 2 nitrogen and oxygen atoms in total. The van der Waals surface area contributed by atoms with E-state index < -0.39 is 0 Å². The Balaban J connectivity index is 2.39. The second-order valence-electron chi connectivity index (χ2n) is 2.91. The number of anilines is 1. The van der Waals surface area contributed by atoms with Crippen LogP contribution in [0.3, 0.4) is 0 Å². The summed E-state index contributed by atoms with van der Waals surface area (Å²) in [4.78, 5) is 11.1. The van der Waals surface area contributed by atoms with Crippen LogP contribution in [0.5, 0.6) is 0 Å². The standard InChI is InChI=1S/C11H9NO/c13-11-8-4-2-6-9-5-1-3-7-10(9)12-11/h1,3,5,7H,2,6H2,(H,12,13). The van der Waals surface area contributed by atoms with Crippen LogP contribution in [0.1, 0.15) is 12.0 Å². The van der Waals surface area contributed by atoms with Crippen molar-refractivity contribution in [1.82, 2.24) is 0 Å². The summed E-state index contributed by atoms with van der Waals surface area (Å²) in [5, 5.41) is 2.75. The normalized spacial score (nSPS) is 14.3. The van der Waals surface area contributed by atoms with Crippen LogP contribution in [-0.4, -0.2) is 5.91 Å². The molecule has 1 amide bonds. The van der Waals surface area contributed by atoms with Gasteiger partial charge in [0.25, 0.3) is 5.91 Å². The Morgan fingerprint density at radius 1 is 1.31 bits per heavy atom. The number of benzene rings is 1. The summed E-state index contributed by atoms with van der Waals surface area (Å²) in [6.45, 7) is 0. The largest absolute Gasteiger partial charge is 0.315 e. The number of hydrogen-bond donors (Lipinski definition) is 1. The zero-order valence-corrected chi connectivity index (χ0v) is 7.13. The lowest BCUT2D eigenvalue weighted by molar-refractivity contribution is -0.111. The molecule has 0 radical (unpaired) electrons. The smallest absolute Gasteiger partial charge is 0.300 e. The second-order valence-corrected chi connectivity index (χ2v) is 2.91. The molecule has 2 heteroatoms. The van der Waals surface area contributed by atoms with Gasteiger partial charge in [0.15, 0.2) is 0 Å². The lowest BCUT2D eigenvalue weighted by Crippen LogP contribution is -2.11. The van der Waals surface area contributed by atoms with E-state index in [4.69, 9.17) is 0 Å². The minimum absolute atomic E-state index is 0.216. The number of nitrogens with one attached hydrogen (secondary N) is 1. The summed E-state index contributed by atoms with van der Waals surface area (Å²) in [5.41, 5.74) is 2.05. The predicted molar refractivity (Wildman–Crippen MR) is 51.2 cm³/mol. The Labute approximate surface area is 77.0 Å². The summed E-state index contributed by atoms with van der Waals surface area (Å²) in [5.74, 6) is 5.13. The van der Waals surface area contributed by atoms with Crippen molar-refractivity contribution in [2.75, 3.05) is 5.32 Å². The van der Waals surface area contributed by atoms with E-state index >= 15 is 0 Å². The van der Waals surface area contributed by atoms with Crippen molar-refractivity contribution < 1.29 is 4.79 Å². The van der Waals surface area contributed by atoms with Gasteiger partial charge in [-0.2, -0.15) is 0 Å². The van der Waals surface area contributed by atoms with Gasteiger partial charge < -0.3 is 5.32 Å². The predicted octanol–water partition coefficient (Wildman–Crippen LogP) is 1.57. The van der Waals surface area contributed by atoms with Gasteiger partial charge in [-0.25, -0.2) is 0 Å². The Hall–Kier alpha value is -1.75. The summed E-state index contributed by atoms with van der Waals surface area (Å²) in [6.07, 6.45) is 1.66. The first-order valence-corrected chi connectivity index (χ1v) is 4.24. The van der Waals surface area contributed by atoms with Crippen LogP contribution < -0.4 is 5.32 Å². The zero-order chi connectivity index (χ0) is 9.10. The second kappa shape index (κ2) is 3.32. The Kier molecular flexibility index (Phi) is 2.01. The Morgan fingerprint density at radius 2 is 2.15 bits per heavy atom. The highest BCUT2D eigenvalue weighted by atomic mass is 16.1. The molecule has 1 aliphatic heterocycles. The first-order valence-electron chi connectivity index (χ1n) is 4.24. The van der Waals surface area contributed by atoms with Crippen molar-refractivity contribution in [3.8, 4) is 11.8 Å². The number of carbonyl (C=O) groups is 1. The minimum Gasteiger partial charge on any atom is -0.315 e. The molecule has 0 saturated heterocycles. The van der Waals surface area contributed by atoms with Gasteiger partial charge in [-0.05, 0) is 24.0 Å². The molecule has 1 N–H and O–H groups in total. The van der Waals surface area contributed by atoms with Crippen molar-refractivity contribution >= 4 is 11.6 Å². The molecule has 64 valence electrons. The SMILES string of the molecule is O=C1C#CCCc2ccccc2N1. The van der Waals surface area contributed by atoms with Crippen molar-refractivity contribution in [2.24, 2.45) is 0 Å². The first kappa shape index (κ1) is 7.88. The molecule has 1 aliphatic rings. The summed E-state index contributed by atoms with van der Waals surface area (Å²) in [6, 6.07) is 7.80. The summed E-state index contributed by atoms with van der Waals surface area (Å²) < 4.78 is 0. The molecule has 0 saturated carbocycles. The molecule has 0 spiro atoms. The highest BCUT2D eigenvalue weighted by Gasteiger charge is 2.05. The molecule has 0 aliphatic carbocycles. The van der Waals surface area contributed by atoms with Crippen molar-refractivity contribution in [3.63, 3.8) is 0 Å². The van der Waals surface area contributed by atoms with Crippen molar-refractivity contribution in [2.45, 2.75) is 12.8 Å². The molecule has 0 bridgehead atoms. The Morgan fingerprint density at radius 3 is 3.08 bits per heavy atom. The molecule has 2 rings (SSSR count). The van der Waals surface area contributed by atoms with Gasteiger partial charge in [0.1, 0.15) is 0 Å². The topological polar surface area (TPSA) is 29.1 Å². The fraction of sp³-hybridized carbons (Fsp3) is 0.182. The summed E-state index contributed by atoms with van der Waals surface area (Å²) in [7, 11) is 0. The van der Waals surface area contributed by atoms with Gasteiger partial charge in [-0.1, -0.05) is 24.1 Å². The number of rotatable bonds is 0. The molecule has 0 atom stereocenters. The fourth-order valence-corrected chi connectivity index (χ4v) is 1.35. The molecular formula is C11H9NO. The maximum Gasteiger partial charge on any atom is 0.300 e. The molecule has 1 heterocycles. The third-order valence-electron chi connectivity index (χ3n) is 1.99. The van der Waals surface area contributed by atoms with Gasteiger partial charge in [0.05, 0.1) is 0 Å². The van der Waals surface area contributed by atoms with Gasteiger partial charge in [0.2, 0.25) is 0 Å². The van der Waals surface area contributed by atoms with Crippen LogP contribution in [-0.2, 0) is 11.2 Å². The maximum atomic E-state index is 11.1. The number of aryl methyl sites for hydroxylation is 1. The molecule has 0 fully saturated rings. The zero-order valence-electron chi connectivity index (χ0n) is 7.13. The quantitative estimate of drug-likeness (QED) is 0.590. The highest BCUT2D eigenvalue weighted by Crippen LogP contribution is 2.17. The maximum absolute atomic E-state index is 11.1. The van der Waals surface area contributed by atoms with Crippen molar-refractivity contribution in [3.05, 3.63) is 29.8 Å². The molecule has 1 aromatic carbocycles. The third-order valence-corrected chi connectivity index (χ3v) is 1.99. The number of amides is 1. The van der Waals surface area contributed by atoms with E-state index in [1.54, 1.807) is 0 Å². The van der Waals surface area contributed by atoms with Gasteiger partial charge >= 0.3 is 0 Å². The lowest BCUT2D eigenvalue weighted by Gasteiger charge is -2.09. The highest BCUT2D eigenvalue weighted by molar-refractivity contribution is 6.04. The van der Waals surface area contributed by atoms with Crippen molar-refractivity contribution in [1.29, 1.82) is 0 Å². The van der Waals surface area contributed by atoms with Crippen LogP contribution in [0.15, 0.2) is 24.3 Å². The van der Waals surface area contributed by atoms with Crippen LogP contribution in [0.4, 0.5) is 5.69 Å². The Bertz CT molecular complexity index is 398. The number of fused-ring (bicyclic) bond motifs is 1. The van der Waals surface area contributed by atoms with E-state index in [1.807, 2.05) is 24.3 Å². The monoisotopic (exact) mass is 171 g/mol. The van der Waals surface area contributed by atoms with E-state index in [-0.39, 0.29) is 5.91 Å². The summed E-state index contributed by atoms with van der Waals surface area (Å²) >= 11 is 0. The van der Waals surface area contributed by atoms with Crippen LogP contribution >= 0.6 is 0 Å². The lowest BCUT2D eigenvalue weighted by atomic mass is 10.1. The van der Waals surface area contributed by atoms with Gasteiger partial charge in [-0.3, -0.25) is 4.79 Å². The average molecular weight is 171 g/mol. The third kappa shape index (κ3) is 1.70. The van der Waals surface area contributed by atoms with Gasteiger partial charge in [0, 0.05) is 12.1 Å². The van der Waals surface area contributed by atoms with E-state index in [0.717, 1.165) is 24.1 Å². The first-order chi connectivity index (χ1) is 6.36. The average Bonchev–Trinajstić information content (AvgIpc) is 2.11. The van der Waals surface area contributed by atoms with Crippen LogP contribution in [0.2, 0.25) is 0 Å². The fourth-order valence-electron chi connectivity index (χ4n) is 1.35.